The van der Waals surface area contributed by atoms with E-state index in [4.69, 9.17) is 11.6 Å². The number of halogens is 4. The molecule has 0 radical (unpaired) electrons. The number of hydrogen-bond acceptors (Lipinski definition) is 14. The van der Waals surface area contributed by atoms with Crippen LogP contribution in [0.4, 0.5) is 24.5 Å². The molecule has 4 amide bonds. The van der Waals surface area contributed by atoms with Crippen molar-refractivity contribution in [1.29, 1.82) is 0 Å². The number of fused-ring (bicyclic) bond motifs is 3. The molecule has 0 aromatic heterocycles. The summed E-state index contributed by atoms with van der Waals surface area (Å²) in [4.78, 5) is 61.1. The Balaban J connectivity index is 0.734. The number of allylic oxidation sites excluding steroid dienone is 1. The number of hydrogen-bond donors (Lipinski definition) is 3. The predicted molar refractivity (Wildman–Crippen MR) is 326 cm³/mol. The standard InChI is InChI=1S/C63H70ClF3N8O8S3/c1-62(2)26-24-53(42-9-13-46(64)14-10-42)45(34-62)36-71-28-30-73(31-29-71)48-15-11-43(12-16-48)59(77)70-86(82,83)52-19-21-55(57(33-52)85(80,81)63(65,66)67)68-47(40-84-51-6-4-3-5-7-51)25-27-74-49-17-18-50(74)39-72(38-49)35-41-8-20-54-44(32-41)37-75(61(54)79)56-22-23-58(76)69-60(56)78/h3-16,19-21,32-33,47,49-50,56,68H,17-18,22-31,34-40H2,1-2H3,(H,70,77)(H,69,76,78)/t47-,49?,50?,56?/m1/s1. The number of imide groups is 1. The van der Waals surface area contributed by atoms with Crippen LogP contribution in [-0.2, 0) is 42.5 Å². The SMILES string of the molecule is CC1(C)CCC(c2ccc(Cl)cc2)=C(CN2CCN(c3ccc(C(=O)NS(=O)(=O)c4ccc(N[C@H](CCN5C6CCC5CN(Cc5ccc7c(c5)CN(C5CCC(=O)NC5=O)C7=O)C6)CSc5ccccc5)c(S(=O)(=O)C(F)(F)F)c4)cc3)CC2)C1. The maximum absolute atomic E-state index is 14.6. The van der Waals surface area contributed by atoms with E-state index in [1.807, 2.05) is 59.3 Å². The molecule has 23 heteroatoms. The number of benzene rings is 5. The highest BCUT2D eigenvalue weighted by Gasteiger charge is 2.49. The molecule has 4 saturated heterocycles. The molecule has 11 rings (SSSR count). The van der Waals surface area contributed by atoms with Crippen LogP contribution in [0, 0.1) is 5.41 Å². The van der Waals surface area contributed by atoms with Gasteiger partial charge < -0.3 is 15.1 Å². The van der Waals surface area contributed by atoms with Crippen LogP contribution >= 0.6 is 23.4 Å². The van der Waals surface area contributed by atoms with E-state index in [1.165, 1.54) is 45.5 Å². The average Bonchev–Trinajstić information content (AvgIpc) is 2.01. The molecule has 4 fully saturated rings. The highest BCUT2D eigenvalue weighted by Crippen LogP contribution is 2.44. The number of nitrogens with one attached hydrogen (secondary N) is 3. The number of alkyl halides is 3. The van der Waals surface area contributed by atoms with Gasteiger partial charge in [-0.2, -0.15) is 13.2 Å². The predicted octanol–water partition coefficient (Wildman–Crippen LogP) is 9.61. The number of sulfonamides is 1. The van der Waals surface area contributed by atoms with Gasteiger partial charge in [-0.05, 0) is 145 Å². The molecular formula is C63H70ClF3N8O8S3. The quantitative estimate of drug-likeness (QED) is 0.0524. The molecule has 1 aliphatic carbocycles. The Morgan fingerprint density at radius 3 is 2.21 bits per heavy atom. The normalized spacial score (nSPS) is 21.8. The molecule has 5 aromatic carbocycles. The zero-order valence-corrected chi connectivity index (χ0v) is 51.2. The minimum atomic E-state index is -6.15. The second-order valence-electron chi connectivity index (χ2n) is 24.2. The summed E-state index contributed by atoms with van der Waals surface area (Å²) in [6.07, 6.45) is 5.81. The molecule has 5 aromatic rings. The topological polar surface area (TPSA) is 189 Å². The number of anilines is 2. The van der Waals surface area contributed by atoms with E-state index in [2.05, 4.69) is 56.2 Å². The van der Waals surface area contributed by atoms with Gasteiger partial charge in [-0.3, -0.25) is 39.2 Å². The molecule has 0 spiro atoms. The summed E-state index contributed by atoms with van der Waals surface area (Å²) in [5.74, 6) is -1.76. The number of nitrogens with zero attached hydrogens (tertiary/aromatic N) is 5. The molecule has 3 N–H and O–H groups in total. The van der Waals surface area contributed by atoms with E-state index in [0.717, 1.165) is 112 Å². The van der Waals surface area contributed by atoms with Crippen LogP contribution in [0.25, 0.3) is 5.57 Å². The molecule has 4 atom stereocenters. The first-order valence-electron chi connectivity index (χ1n) is 29.2. The smallest absolute Gasteiger partial charge is 0.380 e. The number of carbonyl (C=O) groups excluding carboxylic acids is 4. The number of thioether (sulfide) groups is 1. The van der Waals surface area contributed by atoms with Crippen LogP contribution in [0.3, 0.4) is 0 Å². The Morgan fingerprint density at radius 2 is 1.52 bits per heavy atom. The van der Waals surface area contributed by atoms with Crippen molar-refractivity contribution in [2.75, 3.05) is 68.3 Å². The highest BCUT2D eigenvalue weighted by molar-refractivity contribution is 7.99. The lowest BCUT2D eigenvalue weighted by atomic mass is 9.73. The third kappa shape index (κ3) is 13.7. The van der Waals surface area contributed by atoms with Gasteiger partial charge in [-0.1, -0.05) is 73.5 Å². The number of piperidine rings is 1. The number of piperazine rings is 2. The molecule has 456 valence electrons. The lowest BCUT2D eigenvalue weighted by molar-refractivity contribution is -0.136. The van der Waals surface area contributed by atoms with Crippen molar-refractivity contribution >= 4 is 83.8 Å². The summed E-state index contributed by atoms with van der Waals surface area (Å²) in [5, 5.41) is 6.14. The fourth-order valence-electron chi connectivity index (χ4n) is 13.2. The van der Waals surface area contributed by atoms with Crippen molar-refractivity contribution < 1.29 is 49.2 Å². The van der Waals surface area contributed by atoms with E-state index in [-0.39, 0.29) is 54.3 Å². The number of sulfone groups is 1. The van der Waals surface area contributed by atoms with E-state index < -0.39 is 64.7 Å². The fraction of sp³-hybridized carbons (Fsp3) is 0.429. The first-order chi connectivity index (χ1) is 41.0. The summed E-state index contributed by atoms with van der Waals surface area (Å²) in [7, 11) is -11.1. The van der Waals surface area contributed by atoms with Crippen molar-refractivity contribution in [3.05, 3.63) is 154 Å². The third-order valence-electron chi connectivity index (χ3n) is 17.7. The van der Waals surface area contributed by atoms with Crippen LogP contribution in [0.1, 0.15) is 103 Å². The Kier molecular flexibility index (Phi) is 17.9. The third-order valence-corrected chi connectivity index (χ3v) is 22.0. The molecule has 6 aliphatic rings. The molecular weight excluding hydrogens is 1190 g/mol. The molecule has 5 heterocycles. The lowest BCUT2D eigenvalue weighted by Crippen LogP contribution is -2.54. The maximum atomic E-state index is 14.6. The van der Waals surface area contributed by atoms with Crippen LogP contribution in [0.15, 0.2) is 136 Å². The molecule has 3 unspecified atom stereocenters. The second-order valence-corrected chi connectivity index (χ2v) is 29.4. The van der Waals surface area contributed by atoms with Crippen molar-refractivity contribution in [3.8, 4) is 0 Å². The molecule has 5 aliphatic heterocycles. The Morgan fingerprint density at radius 1 is 0.814 bits per heavy atom. The van der Waals surface area contributed by atoms with Crippen molar-refractivity contribution in [1.82, 2.24) is 29.6 Å². The highest BCUT2D eigenvalue weighted by atomic mass is 35.5. The number of carbonyl (C=O) groups is 4. The first-order valence-corrected chi connectivity index (χ1v) is 33.6. The summed E-state index contributed by atoms with van der Waals surface area (Å²) >= 11 is 7.66. The Hall–Kier alpha value is -6.27. The molecule has 2 bridgehead atoms. The van der Waals surface area contributed by atoms with Gasteiger partial charge in [0.2, 0.25) is 11.8 Å². The maximum Gasteiger partial charge on any atom is 0.501 e. The summed E-state index contributed by atoms with van der Waals surface area (Å²) < 4.78 is 100. The van der Waals surface area contributed by atoms with Crippen molar-refractivity contribution in [2.24, 2.45) is 5.41 Å². The largest absolute Gasteiger partial charge is 0.501 e. The number of amides is 4. The number of likely N-dealkylation sites (tertiary alicyclic amines) is 1. The van der Waals surface area contributed by atoms with Crippen LogP contribution < -0.4 is 20.3 Å². The first kappa shape index (κ1) is 61.4. The van der Waals surface area contributed by atoms with Crippen molar-refractivity contribution in [2.45, 2.75) is 123 Å². The summed E-state index contributed by atoms with van der Waals surface area (Å²) in [5.41, 5.74) is 1.21. The van der Waals surface area contributed by atoms with Gasteiger partial charge in [0.05, 0.1) is 10.6 Å². The minimum Gasteiger partial charge on any atom is -0.380 e. The monoisotopic (exact) mass is 1250 g/mol. The summed E-state index contributed by atoms with van der Waals surface area (Å²) in [6, 6.07) is 31.1. The molecule has 16 nitrogen and oxygen atoms in total. The van der Waals surface area contributed by atoms with Gasteiger partial charge in [0.15, 0.2) is 0 Å². The zero-order valence-electron chi connectivity index (χ0n) is 48.0. The van der Waals surface area contributed by atoms with Gasteiger partial charge in [0.1, 0.15) is 10.9 Å². The molecule has 86 heavy (non-hydrogen) atoms. The minimum absolute atomic E-state index is 0.0213. The fourth-order valence-corrected chi connectivity index (χ4v) is 16.3. The van der Waals surface area contributed by atoms with Gasteiger partial charge in [-0.25, -0.2) is 21.6 Å². The Labute approximate surface area is 509 Å². The van der Waals surface area contributed by atoms with Crippen LogP contribution in [-0.4, -0.2) is 148 Å². The van der Waals surface area contributed by atoms with Gasteiger partial charge in [0, 0.05) is 122 Å². The average molecular weight is 1260 g/mol. The van der Waals surface area contributed by atoms with Crippen LogP contribution in [0.2, 0.25) is 5.02 Å². The van der Waals surface area contributed by atoms with E-state index in [0.29, 0.717) is 41.9 Å². The van der Waals surface area contributed by atoms with Gasteiger partial charge >= 0.3 is 5.51 Å². The number of rotatable bonds is 19. The Bertz CT molecular complexity index is 3650. The van der Waals surface area contributed by atoms with Gasteiger partial charge in [-0.15, -0.1) is 11.8 Å². The van der Waals surface area contributed by atoms with E-state index >= 15 is 0 Å². The van der Waals surface area contributed by atoms with E-state index in [9.17, 15) is 49.2 Å². The van der Waals surface area contributed by atoms with Gasteiger partial charge in [0.25, 0.3) is 31.7 Å². The van der Waals surface area contributed by atoms with Crippen LogP contribution in [0.5, 0.6) is 0 Å². The summed E-state index contributed by atoms with van der Waals surface area (Å²) in [6.45, 7) is 11.4. The molecule has 0 saturated carbocycles. The zero-order chi connectivity index (χ0) is 60.7. The van der Waals surface area contributed by atoms with Crippen molar-refractivity contribution in [3.63, 3.8) is 0 Å². The second kappa shape index (κ2) is 25.1. The lowest BCUT2D eigenvalue weighted by Gasteiger charge is -2.41. The van der Waals surface area contributed by atoms with E-state index in [1.54, 1.807) is 18.2 Å².